The summed E-state index contributed by atoms with van der Waals surface area (Å²) in [4.78, 5) is 22.2. The second-order valence-electron chi connectivity index (χ2n) is 8.55. The summed E-state index contributed by atoms with van der Waals surface area (Å²) in [5, 5.41) is 8.01. The molecular weight excluding hydrogens is 440 g/mol. The fourth-order valence-corrected chi connectivity index (χ4v) is 4.31. The molecule has 172 valence electrons. The van der Waals surface area contributed by atoms with E-state index in [1.807, 2.05) is 32.0 Å². The van der Waals surface area contributed by atoms with Crippen molar-refractivity contribution in [3.63, 3.8) is 0 Å². The quantitative estimate of drug-likeness (QED) is 0.431. The van der Waals surface area contributed by atoms with Crippen LogP contribution in [-0.2, 0) is 4.74 Å². The highest BCUT2D eigenvalue weighted by atomic mass is 32.1. The summed E-state index contributed by atoms with van der Waals surface area (Å²) in [6, 6.07) is 7.46. The van der Waals surface area contributed by atoms with E-state index in [0.717, 1.165) is 32.4 Å². The molecule has 0 aliphatic rings. The molecule has 1 amide bonds. The Labute approximate surface area is 195 Å². The van der Waals surface area contributed by atoms with Crippen LogP contribution in [0.25, 0.3) is 27.3 Å². The second-order valence-corrected chi connectivity index (χ2v) is 9.75. The van der Waals surface area contributed by atoms with Crippen LogP contribution in [0, 0.1) is 13.8 Å². The van der Waals surface area contributed by atoms with Gasteiger partial charge in [0.05, 0.1) is 18.5 Å². The van der Waals surface area contributed by atoms with Gasteiger partial charge in [-0.3, -0.25) is 5.32 Å². The van der Waals surface area contributed by atoms with Crippen LogP contribution in [0.1, 0.15) is 31.3 Å². The van der Waals surface area contributed by atoms with Gasteiger partial charge in [-0.05, 0) is 58.4 Å². The Morgan fingerprint density at radius 2 is 1.97 bits per heavy atom. The Kier molecular flexibility index (Phi) is 5.71. The number of thiazole rings is 1. The van der Waals surface area contributed by atoms with Crippen molar-refractivity contribution in [1.82, 2.24) is 19.6 Å². The highest BCUT2D eigenvalue weighted by Crippen LogP contribution is 2.39. The number of amides is 1. The zero-order chi connectivity index (χ0) is 23.9. The molecule has 3 N–H and O–H groups in total. The number of hydrogen-bond acceptors (Lipinski definition) is 8. The highest BCUT2D eigenvalue weighted by molar-refractivity contribution is 7.15. The molecule has 4 rings (SSSR count). The minimum absolute atomic E-state index is 0.353. The van der Waals surface area contributed by atoms with Crippen molar-refractivity contribution in [2.75, 3.05) is 18.2 Å². The van der Waals surface area contributed by atoms with Gasteiger partial charge in [0.15, 0.2) is 5.82 Å². The first-order chi connectivity index (χ1) is 15.6. The molecule has 0 saturated heterocycles. The van der Waals surface area contributed by atoms with Gasteiger partial charge in [-0.15, -0.1) is 11.3 Å². The van der Waals surface area contributed by atoms with Crippen molar-refractivity contribution in [3.8, 4) is 27.6 Å². The van der Waals surface area contributed by atoms with Gasteiger partial charge in [-0.25, -0.2) is 19.3 Å². The maximum absolute atomic E-state index is 12.2. The largest absolute Gasteiger partial charge is 0.495 e. The lowest BCUT2D eigenvalue weighted by Crippen LogP contribution is -2.27. The number of aryl methyl sites for hydroxylation is 2. The van der Waals surface area contributed by atoms with Crippen molar-refractivity contribution in [1.29, 1.82) is 0 Å². The van der Waals surface area contributed by atoms with Crippen molar-refractivity contribution >= 4 is 34.5 Å². The summed E-state index contributed by atoms with van der Waals surface area (Å²) < 4.78 is 12.6. The highest BCUT2D eigenvalue weighted by Gasteiger charge is 2.21. The Morgan fingerprint density at radius 3 is 2.61 bits per heavy atom. The monoisotopic (exact) mass is 466 g/mol. The SMILES string of the molecule is COc1cc(-c2cc(-c3nc(C)c(C)s3)n3ncnc(N)c23)ccc1NC(=O)OC(C)(C)C. The van der Waals surface area contributed by atoms with Crippen LogP contribution in [0.15, 0.2) is 30.6 Å². The number of carbonyl (C=O) groups is 1. The standard InChI is InChI=1S/C23H26N6O3S/c1-12-13(2)33-21(27-12)17-10-15(19-20(24)25-11-26-29(17)19)14-7-8-16(18(9-14)31-6)28-22(30)32-23(3,4)5/h7-11H,1-6H3,(H,28,30)(H2,24,25,26). The lowest BCUT2D eigenvalue weighted by Gasteiger charge is -2.20. The topological polar surface area (TPSA) is 117 Å². The second kappa shape index (κ2) is 8.36. The number of ether oxygens (including phenoxy) is 2. The van der Waals surface area contributed by atoms with E-state index in [4.69, 9.17) is 15.2 Å². The molecule has 0 aliphatic carbocycles. The Balaban J connectivity index is 1.80. The first kappa shape index (κ1) is 22.5. The summed E-state index contributed by atoms with van der Waals surface area (Å²) in [7, 11) is 1.54. The first-order valence-corrected chi connectivity index (χ1v) is 11.1. The number of nitrogens with two attached hydrogens (primary N) is 1. The smallest absolute Gasteiger partial charge is 0.412 e. The molecule has 0 atom stereocenters. The van der Waals surface area contributed by atoms with Gasteiger partial charge in [-0.2, -0.15) is 5.10 Å². The van der Waals surface area contributed by atoms with E-state index in [0.29, 0.717) is 22.8 Å². The molecule has 0 radical (unpaired) electrons. The molecule has 0 unspecified atom stereocenters. The number of nitrogens with zero attached hydrogens (tertiary/aromatic N) is 4. The van der Waals surface area contributed by atoms with Gasteiger partial charge in [0.2, 0.25) is 0 Å². The van der Waals surface area contributed by atoms with Crippen LogP contribution in [-0.4, -0.2) is 38.4 Å². The summed E-state index contributed by atoms with van der Waals surface area (Å²) in [6.45, 7) is 9.44. The zero-order valence-electron chi connectivity index (χ0n) is 19.4. The number of carbonyl (C=O) groups excluding carboxylic acids is 1. The molecule has 4 aromatic rings. The van der Waals surface area contributed by atoms with Crippen molar-refractivity contribution in [2.24, 2.45) is 0 Å². The van der Waals surface area contributed by atoms with Gasteiger partial charge >= 0.3 is 6.09 Å². The molecule has 0 bridgehead atoms. The Bertz CT molecular complexity index is 1330. The summed E-state index contributed by atoms with van der Waals surface area (Å²) in [5.74, 6) is 0.835. The fourth-order valence-electron chi connectivity index (χ4n) is 3.40. The van der Waals surface area contributed by atoms with Gasteiger partial charge in [0.25, 0.3) is 0 Å². The average Bonchev–Trinajstić information content (AvgIpc) is 3.28. The Morgan fingerprint density at radius 1 is 1.21 bits per heavy atom. The third kappa shape index (κ3) is 4.47. The summed E-state index contributed by atoms with van der Waals surface area (Å²) in [6.07, 6.45) is 0.870. The minimum atomic E-state index is -0.608. The molecular formula is C23H26N6O3S. The average molecular weight is 467 g/mol. The van der Waals surface area contributed by atoms with Gasteiger partial charge < -0.3 is 15.2 Å². The molecule has 0 spiro atoms. The van der Waals surface area contributed by atoms with Gasteiger partial charge in [0, 0.05) is 10.4 Å². The van der Waals surface area contributed by atoms with Crippen LogP contribution in [0.4, 0.5) is 16.3 Å². The predicted molar refractivity (Wildman–Crippen MR) is 130 cm³/mol. The van der Waals surface area contributed by atoms with E-state index in [2.05, 4.69) is 20.4 Å². The maximum atomic E-state index is 12.2. The van der Waals surface area contributed by atoms with E-state index in [-0.39, 0.29) is 0 Å². The Hall–Kier alpha value is -3.66. The number of nitrogens with one attached hydrogen (secondary N) is 1. The van der Waals surface area contributed by atoms with Crippen molar-refractivity contribution in [3.05, 3.63) is 41.2 Å². The summed E-state index contributed by atoms with van der Waals surface area (Å²) >= 11 is 1.60. The molecule has 3 heterocycles. The van der Waals surface area contributed by atoms with E-state index >= 15 is 0 Å². The fraction of sp³-hybridized carbons (Fsp3) is 0.304. The van der Waals surface area contributed by atoms with Crippen LogP contribution < -0.4 is 15.8 Å². The molecule has 3 aromatic heterocycles. The van der Waals surface area contributed by atoms with Crippen LogP contribution in [0.3, 0.4) is 0 Å². The number of rotatable bonds is 4. The normalized spacial score (nSPS) is 11.6. The molecule has 0 saturated carbocycles. The number of fused-ring (bicyclic) bond motifs is 1. The van der Waals surface area contributed by atoms with Gasteiger partial charge in [0.1, 0.15) is 33.9 Å². The van der Waals surface area contributed by atoms with Crippen molar-refractivity contribution < 1.29 is 14.3 Å². The van der Waals surface area contributed by atoms with E-state index in [1.165, 1.54) is 6.33 Å². The molecule has 9 nitrogen and oxygen atoms in total. The number of aromatic nitrogens is 4. The third-order valence-corrected chi connectivity index (χ3v) is 6.07. The number of nitrogen functional groups attached to an aromatic ring is 1. The van der Waals surface area contributed by atoms with Crippen molar-refractivity contribution in [2.45, 2.75) is 40.2 Å². The number of benzene rings is 1. The number of methoxy groups -OCH3 is 1. The first-order valence-electron chi connectivity index (χ1n) is 10.3. The maximum Gasteiger partial charge on any atom is 0.412 e. The van der Waals surface area contributed by atoms with E-state index in [9.17, 15) is 4.79 Å². The zero-order valence-corrected chi connectivity index (χ0v) is 20.2. The number of hydrogen-bond donors (Lipinski definition) is 2. The van der Waals surface area contributed by atoms with Crippen LogP contribution in [0.5, 0.6) is 5.75 Å². The lowest BCUT2D eigenvalue weighted by molar-refractivity contribution is 0.0635. The number of anilines is 2. The van der Waals surface area contributed by atoms with Gasteiger partial charge in [-0.1, -0.05) is 6.07 Å². The molecule has 10 heteroatoms. The van der Waals surface area contributed by atoms with Crippen LogP contribution >= 0.6 is 11.3 Å². The lowest BCUT2D eigenvalue weighted by atomic mass is 10.1. The molecule has 0 aliphatic heterocycles. The molecule has 0 fully saturated rings. The third-order valence-electron chi connectivity index (χ3n) is 4.98. The van der Waals surface area contributed by atoms with E-state index in [1.54, 1.807) is 49.8 Å². The summed E-state index contributed by atoms with van der Waals surface area (Å²) in [5.41, 5.74) is 10.3. The van der Waals surface area contributed by atoms with E-state index < -0.39 is 11.7 Å². The van der Waals surface area contributed by atoms with Crippen LogP contribution in [0.2, 0.25) is 0 Å². The molecule has 1 aromatic carbocycles. The minimum Gasteiger partial charge on any atom is -0.495 e. The molecule has 33 heavy (non-hydrogen) atoms. The predicted octanol–water partition coefficient (Wildman–Crippen LogP) is 5.07.